The number of carbonyl (C=O) groups excluding carboxylic acids is 1. The van der Waals surface area contributed by atoms with Gasteiger partial charge in [0.25, 0.3) is 0 Å². The fraction of sp³-hybridized carbons (Fsp3) is 0.548. The molecule has 0 aliphatic heterocycles. The van der Waals surface area contributed by atoms with Gasteiger partial charge in [-0.05, 0) is 100.0 Å². The third-order valence-electron chi connectivity index (χ3n) is 10.0. The maximum absolute atomic E-state index is 12.5. The Labute approximate surface area is 214 Å². The summed E-state index contributed by atoms with van der Waals surface area (Å²) in [6, 6.07) is 10.4. The quantitative estimate of drug-likeness (QED) is 0.549. The smallest absolute Gasteiger partial charge is 0.337 e. The van der Waals surface area contributed by atoms with E-state index in [0.29, 0.717) is 17.8 Å². The Kier molecular flexibility index (Phi) is 5.22. The molecule has 0 radical (unpaired) electrons. The average molecular weight is 487 g/mol. The molecule has 0 spiro atoms. The van der Waals surface area contributed by atoms with Gasteiger partial charge in [-0.1, -0.05) is 43.7 Å². The summed E-state index contributed by atoms with van der Waals surface area (Å²) in [6.45, 7) is 10.1. The molecule has 6 rings (SSSR count). The topological polar surface area (TPSA) is 64.3 Å². The van der Waals surface area contributed by atoms with E-state index in [-0.39, 0.29) is 16.9 Å². The van der Waals surface area contributed by atoms with Gasteiger partial charge in [-0.2, -0.15) is 5.10 Å². The summed E-state index contributed by atoms with van der Waals surface area (Å²) in [5.41, 5.74) is 5.05. The molecule has 2 fully saturated rings. The van der Waals surface area contributed by atoms with Crippen LogP contribution in [0.4, 0.5) is 0 Å². The molecule has 4 aliphatic carbocycles. The van der Waals surface area contributed by atoms with Gasteiger partial charge in [0, 0.05) is 10.8 Å². The number of hydrogen-bond acceptors (Lipinski definition) is 4. The van der Waals surface area contributed by atoms with E-state index >= 15 is 0 Å². The minimum atomic E-state index is -1.45. The molecule has 0 amide bonds. The normalized spacial score (nSPS) is 35.1. The zero-order valence-corrected chi connectivity index (χ0v) is 22.1. The van der Waals surface area contributed by atoms with Crippen LogP contribution in [0.2, 0.25) is 0 Å². The number of allylic oxidation sites excluding steroid dienone is 3. The fourth-order valence-corrected chi connectivity index (χ4v) is 8.11. The number of aliphatic hydroxyl groups is 1. The lowest BCUT2D eigenvalue weighted by Gasteiger charge is -2.56. The second-order valence-electron chi connectivity index (χ2n) is 12.7. The molecule has 0 saturated heterocycles. The lowest BCUT2D eigenvalue weighted by Crippen LogP contribution is -2.51. The van der Waals surface area contributed by atoms with Crippen molar-refractivity contribution in [1.29, 1.82) is 0 Å². The molecule has 6 atom stereocenters. The molecule has 5 heteroatoms. The van der Waals surface area contributed by atoms with Gasteiger partial charge in [0.1, 0.15) is 6.10 Å². The van der Waals surface area contributed by atoms with E-state index in [1.165, 1.54) is 36.3 Å². The summed E-state index contributed by atoms with van der Waals surface area (Å²) in [6.07, 6.45) is 12.0. The Hall–Kier alpha value is -2.66. The van der Waals surface area contributed by atoms with Crippen LogP contribution in [-0.4, -0.2) is 32.6 Å². The average Bonchev–Trinajstić information content (AvgIpc) is 3.38. The number of benzene rings is 1. The minimum Gasteiger partial charge on any atom is -0.460 e. The predicted octanol–water partition coefficient (Wildman–Crippen LogP) is 5.90. The Bertz CT molecular complexity index is 1270. The van der Waals surface area contributed by atoms with Crippen molar-refractivity contribution in [2.75, 3.05) is 0 Å². The van der Waals surface area contributed by atoms with Crippen LogP contribution in [0, 0.1) is 28.6 Å². The number of aromatic nitrogens is 2. The standard InChI is InChI=1S/C31H38N2O3/c1-19-15-22-23-11-12-27(36-28(34)29(2,3)35)30(23,4)14-13-24(22)31(5)17-20-18-32-33(26(20)16-25(19)31)21-9-7-6-8-10-21/h6-10,15-16,18,22-24,27,35H,11-14,17H2,1-5H3. The van der Waals surface area contributed by atoms with Gasteiger partial charge in [0.2, 0.25) is 0 Å². The summed E-state index contributed by atoms with van der Waals surface area (Å²) in [4.78, 5) is 12.5. The third kappa shape index (κ3) is 3.38. The summed E-state index contributed by atoms with van der Waals surface area (Å²) in [5, 5.41) is 15.0. The Morgan fingerprint density at radius 2 is 1.89 bits per heavy atom. The SMILES string of the molecule is CC1=CC2C(CCC3(C)C(OC(=O)C(C)(C)O)CCC23)C2(C)Cc3cnn(-c4ccccc4)c3C=C12. The van der Waals surface area contributed by atoms with Crippen molar-refractivity contribution in [3.05, 3.63) is 65.0 Å². The zero-order chi connectivity index (χ0) is 25.5. The number of esters is 1. The molecule has 190 valence electrons. The first kappa shape index (κ1) is 23.7. The van der Waals surface area contributed by atoms with Crippen molar-refractivity contribution >= 4 is 12.0 Å². The predicted molar refractivity (Wildman–Crippen MR) is 140 cm³/mol. The lowest BCUT2D eigenvalue weighted by atomic mass is 9.48. The Balaban J connectivity index is 1.34. The van der Waals surface area contributed by atoms with Crippen LogP contribution in [0.5, 0.6) is 0 Å². The number of hydrogen-bond donors (Lipinski definition) is 1. The first-order chi connectivity index (χ1) is 17.0. The van der Waals surface area contributed by atoms with E-state index < -0.39 is 11.6 Å². The highest BCUT2D eigenvalue weighted by atomic mass is 16.6. The van der Waals surface area contributed by atoms with Crippen molar-refractivity contribution in [2.45, 2.75) is 78.4 Å². The van der Waals surface area contributed by atoms with Crippen LogP contribution < -0.4 is 0 Å². The fourth-order valence-electron chi connectivity index (χ4n) is 8.11. The molecule has 1 aromatic heterocycles. The van der Waals surface area contributed by atoms with Crippen molar-refractivity contribution < 1.29 is 14.6 Å². The molecule has 2 saturated carbocycles. The van der Waals surface area contributed by atoms with Gasteiger partial charge in [0.05, 0.1) is 17.6 Å². The number of ether oxygens (including phenoxy) is 1. The summed E-state index contributed by atoms with van der Waals surface area (Å²) < 4.78 is 8.03. The van der Waals surface area contributed by atoms with Crippen molar-refractivity contribution in [1.82, 2.24) is 9.78 Å². The van der Waals surface area contributed by atoms with Crippen LogP contribution in [0.1, 0.15) is 71.6 Å². The summed E-state index contributed by atoms with van der Waals surface area (Å²) in [7, 11) is 0. The van der Waals surface area contributed by atoms with Crippen LogP contribution >= 0.6 is 0 Å². The highest BCUT2D eigenvalue weighted by Crippen LogP contribution is 2.65. The van der Waals surface area contributed by atoms with E-state index in [0.717, 1.165) is 37.8 Å². The van der Waals surface area contributed by atoms with E-state index in [1.807, 2.05) is 6.07 Å². The molecule has 1 aromatic carbocycles. The highest BCUT2D eigenvalue weighted by molar-refractivity contribution is 5.78. The van der Waals surface area contributed by atoms with Gasteiger partial charge in [-0.25, -0.2) is 9.48 Å². The largest absolute Gasteiger partial charge is 0.460 e. The van der Waals surface area contributed by atoms with Gasteiger partial charge < -0.3 is 9.84 Å². The van der Waals surface area contributed by atoms with Gasteiger partial charge in [-0.3, -0.25) is 0 Å². The van der Waals surface area contributed by atoms with Gasteiger partial charge in [-0.15, -0.1) is 0 Å². The molecule has 1 N–H and O–H groups in total. The van der Waals surface area contributed by atoms with Crippen LogP contribution in [0.25, 0.3) is 11.8 Å². The number of rotatable bonds is 3. The maximum atomic E-state index is 12.5. The van der Waals surface area contributed by atoms with Crippen molar-refractivity contribution in [2.24, 2.45) is 28.6 Å². The lowest BCUT2D eigenvalue weighted by molar-refractivity contribution is -0.176. The van der Waals surface area contributed by atoms with Crippen LogP contribution in [0.3, 0.4) is 0 Å². The third-order valence-corrected chi connectivity index (χ3v) is 10.0. The van der Waals surface area contributed by atoms with Crippen LogP contribution in [0.15, 0.2) is 53.8 Å². The van der Waals surface area contributed by atoms with Crippen molar-refractivity contribution in [3.63, 3.8) is 0 Å². The number of carbonyl (C=O) groups is 1. The summed E-state index contributed by atoms with van der Waals surface area (Å²) >= 11 is 0. The first-order valence-electron chi connectivity index (χ1n) is 13.5. The monoisotopic (exact) mass is 486 g/mol. The number of para-hydroxylation sites is 1. The van der Waals surface area contributed by atoms with E-state index in [1.54, 1.807) is 0 Å². The zero-order valence-electron chi connectivity index (χ0n) is 22.1. The second kappa shape index (κ2) is 7.92. The van der Waals surface area contributed by atoms with Crippen LogP contribution in [-0.2, 0) is 16.0 Å². The van der Waals surface area contributed by atoms with E-state index in [9.17, 15) is 9.90 Å². The number of nitrogens with zero attached hydrogens (tertiary/aromatic N) is 2. The molecular weight excluding hydrogens is 448 g/mol. The molecule has 2 aromatic rings. The second-order valence-corrected chi connectivity index (χ2v) is 12.7. The molecule has 0 bridgehead atoms. The molecule has 6 unspecified atom stereocenters. The molecular formula is C31H38N2O3. The van der Waals surface area contributed by atoms with E-state index in [4.69, 9.17) is 9.84 Å². The molecule has 4 aliphatic rings. The van der Waals surface area contributed by atoms with E-state index in [2.05, 4.69) is 68.1 Å². The van der Waals surface area contributed by atoms with Gasteiger partial charge in [0.15, 0.2) is 5.60 Å². The maximum Gasteiger partial charge on any atom is 0.337 e. The first-order valence-corrected chi connectivity index (χ1v) is 13.5. The number of fused-ring (bicyclic) bond motifs is 6. The van der Waals surface area contributed by atoms with Crippen molar-refractivity contribution in [3.8, 4) is 5.69 Å². The molecule has 1 heterocycles. The Morgan fingerprint density at radius 1 is 1.14 bits per heavy atom. The minimum absolute atomic E-state index is 0.0472. The van der Waals surface area contributed by atoms with Gasteiger partial charge >= 0.3 is 5.97 Å². The molecule has 36 heavy (non-hydrogen) atoms. The highest BCUT2D eigenvalue weighted by Gasteiger charge is 2.60. The summed E-state index contributed by atoms with van der Waals surface area (Å²) in [5.74, 6) is 1.02. The Morgan fingerprint density at radius 3 is 2.61 bits per heavy atom. The molecule has 5 nitrogen and oxygen atoms in total.